The zero-order valence-electron chi connectivity index (χ0n) is 14.9. The number of hydrogen-bond acceptors (Lipinski definition) is 5. The van der Waals surface area contributed by atoms with Crippen molar-refractivity contribution in [2.24, 2.45) is 0 Å². The van der Waals surface area contributed by atoms with Crippen LogP contribution in [0.5, 0.6) is 11.5 Å². The molecule has 0 atom stereocenters. The topological polar surface area (TPSA) is 59.1 Å². The molecule has 2 aliphatic rings. The van der Waals surface area contributed by atoms with Crippen LogP contribution in [-0.4, -0.2) is 63.6 Å². The minimum atomic E-state index is -3.51. The van der Waals surface area contributed by atoms with Crippen molar-refractivity contribution >= 4 is 10.0 Å². The van der Waals surface area contributed by atoms with Gasteiger partial charge in [0.25, 0.3) is 0 Å². The number of fused-ring (bicyclic) bond motifs is 1. The van der Waals surface area contributed by atoms with E-state index in [4.69, 9.17) is 9.47 Å². The van der Waals surface area contributed by atoms with Crippen molar-refractivity contribution in [1.29, 1.82) is 0 Å². The van der Waals surface area contributed by atoms with Gasteiger partial charge in [-0.2, -0.15) is 4.31 Å². The molecular formula is C18H26N2O4S. The molecule has 7 heteroatoms. The summed E-state index contributed by atoms with van der Waals surface area (Å²) in [5, 5.41) is 0. The van der Waals surface area contributed by atoms with Gasteiger partial charge in [-0.1, -0.05) is 11.6 Å². The molecule has 1 aromatic carbocycles. The van der Waals surface area contributed by atoms with Crippen molar-refractivity contribution < 1.29 is 17.9 Å². The number of rotatable bonds is 4. The molecule has 0 amide bonds. The van der Waals surface area contributed by atoms with Crippen LogP contribution in [0.4, 0.5) is 0 Å². The first kappa shape index (κ1) is 18.2. The number of nitrogens with zero attached hydrogens (tertiary/aromatic N) is 2. The summed E-state index contributed by atoms with van der Waals surface area (Å²) >= 11 is 0. The Morgan fingerprint density at radius 3 is 2.44 bits per heavy atom. The second-order valence-electron chi connectivity index (χ2n) is 6.65. The Morgan fingerprint density at radius 1 is 1.08 bits per heavy atom. The number of benzene rings is 1. The van der Waals surface area contributed by atoms with Crippen molar-refractivity contribution in [3.63, 3.8) is 0 Å². The molecule has 0 unspecified atom stereocenters. The van der Waals surface area contributed by atoms with Gasteiger partial charge in [-0.3, -0.25) is 4.90 Å². The number of piperazine rings is 1. The lowest BCUT2D eigenvalue weighted by Gasteiger charge is -2.33. The van der Waals surface area contributed by atoms with E-state index in [0.717, 1.165) is 26.1 Å². The zero-order valence-corrected chi connectivity index (χ0v) is 15.7. The van der Waals surface area contributed by atoms with Crippen molar-refractivity contribution in [3.8, 4) is 11.5 Å². The molecule has 25 heavy (non-hydrogen) atoms. The smallest absolute Gasteiger partial charge is 0.243 e. The van der Waals surface area contributed by atoms with E-state index in [1.165, 1.54) is 5.57 Å². The number of hydrogen-bond donors (Lipinski definition) is 0. The molecule has 6 nitrogen and oxygen atoms in total. The highest BCUT2D eigenvalue weighted by atomic mass is 32.2. The minimum Gasteiger partial charge on any atom is -0.490 e. The van der Waals surface area contributed by atoms with E-state index in [9.17, 15) is 8.42 Å². The third-order valence-electron chi connectivity index (χ3n) is 4.45. The van der Waals surface area contributed by atoms with Crippen LogP contribution < -0.4 is 9.47 Å². The van der Waals surface area contributed by atoms with Gasteiger partial charge in [0, 0.05) is 45.2 Å². The van der Waals surface area contributed by atoms with E-state index in [2.05, 4.69) is 24.8 Å². The van der Waals surface area contributed by atoms with E-state index in [1.54, 1.807) is 22.5 Å². The molecule has 0 aromatic heterocycles. The highest BCUT2D eigenvalue weighted by Crippen LogP contribution is 2.33. The van der Waals surface area contributed by atoms with Gasteiger partial charge in [0.1, 0.15) is 0 Å². The van der Waals surface area contributed by atoms with E-state index in [-0.39, 0.29) is 4.90 Å². The first-order chi connectivity index (χ1) is 12.0. The van der Waals surface area contributed by atoms with Gasteiger partial charge in [-0.25, -0.2) is 8.42 Å². The first-order valence-electron chi connectivity index (χ1n) is 8.72. The van der Waals surface area contributed by atoms with Crippen molar-refractivity contribution in [3.05, 3.63) is 29.8 Å². The molecule has 3 rings (SSSR count). The van der Waals surface area contributed by atoms with Gasteiger partial charge in [0.05, 0.1) is 18.1 Å². The van der Waals surface area contributed by atoms with Crippen molar-refractivity contribution in [2.45, 2.75) is 25.2 Å². The van der Waals surface area contributed by atoms with Crippen molar-refractivity contribution in [2.75, 3.05) is 45.9 Å². The predicted molar refractivity (Wildman–Crippen MR) is 96.7 cm³/mol. The quantitative estimate of drug-likeness (QED) is 0.764. The van der Waals surface area contributed by atoms with Crippen LogP contribution >= 0.6 is 0 Å². The Morgan fingerprint density at radius 2 is 1.76 bits per heavy atom. The van der Waals surface area contributed by atoms with E-state index < -0.39 is 10.0 Å². The Bertz CT molecular complexity index is 733. The summed E-state index contributed by atoms with van der Waals surface area (Å²) in [6, 6.07) is 4.89. The lowest BCUT2D eigenvalue weighted by atomic mass is 10.3. The molecule has 0 aliphatic carbocycles. The molecule has 1 aromatic rings. The van der Waals surface area contributed by atoms with Crippen LogP contribution in [0.25, 0.3) is 0 Å². The summed E-state index contributed by atoms with van der Waals surface area (Å²) < 4.78 is 38.6. The Balaban J connectivity index is 1.70. The molecule has 0 N–H and O–H groups in total. The number of ether oxygens (including phenoxy) is 2. The summed E-state index contributed by atoms with van der Waals surface area (Å²) in [6.07, 6.45) is 2.97. The predicted octanol–water partition coefficient (Wildman–Crippen LogP) is 2.12. The summed E-state index contributed by atoms with van der Waals surface area (Å²) in [5.41, 5.74) is 1.28. The lowest BCUT2D eigenvalue weighted by molar-refractivity contribution is 0.204. The van der Waals surface area contributed by atoms with Crippen LogP contribution in [0, 0.1) is 0 Å². The van der Waals surface area contributed by atoms with Crippen LogP contribution in [0.2, 0.25) is 0 Å². The fourth-order valence-corrected chi connectivity index (χ4v) is 4.36. The minimum absolute atomic E-state index is 0.273. The first-order valence-corrected chi connectivity index (χ1v) is 10.2. The zero-order chi connectivity index (χ0) is 17.9. The van der Waals surface area contributed by atoms with Crippen LogP contribution in [0.3, 0.4) is 0 Å². The molecule has 1 fully saturated rings. The molecule has 0 bridgehead atoms. The largest absolute Gasteiger partial charge is 0.490 e. The highest BCUT2D eigenvalue weighted by molar-refractivity contribution is 7.89. The summed E-state index contributed by atoms with van der Waals surface area (Å²) in [7, 11) is -3.51. The monoisotopic (exact) mass is 366 g/mol. The van der Waals surface area contributed by atoms with Crippen LogP contribution in [-0.2, 0) is 10.0 Å². The molecule has 1 saturated heterocycles. The van der Waals surface area contributed by atoms with Gasteiger partial charge in [0.15, 0.2) is 11.5 Å². The molecule has 138 valence electrons. The van der Waals surface area contributed by atoms with Crippen molar-refractivity contribution in [1.82, 2.24) is 9.21 Å². The maximum atomic E-state index is 12.9. The molecule has 2 aliphatic heterocycles. The summed E-state index contributed by atoms with van der Waals surface area (Å²) in [6.45, 7) is 8.66. The van der Waals surface area contributed by atoms with Gasteiger partial charge in [0.2, 0.25) is 10.0 Å². The number of sulfonamides is 1. The number of allylic oxidation sites excluding steroid dienone is 1. The Hall–Kier alpha value is -1.57. The fraction of sp³-hybridized carbons (Fsp3) is 0.556. The molecule has 0 radical (unpaired) electrons. The van der Waals surface area contributed by atoms with E-state index in [0.29, 0.717) is 37.8 Å². The van der Waals surface area contributed by atoms with E-state index >= 15 is 0 Å². The second-order valence-corrected chi connectivity index (χ2v) is 8.58. The second kappa shape index (κ2) is 7.76. The normalized spacial score (nSPS) is 19.3. The van der Waals surface area contributed by atoms with E-state index in [1.807, 2.05) is 0 Å². The van der Waals surface area contributed by atoms with Gasteiger partial charge < -0.3 is 9.47 Å². The Kier molecular flexibility index (Phi) is 5.66. The highest BCUT2D eigenvalue weighted by Gasteiger charge is 2.29. The SMILES string of the molecule is CC(C)=CCN1CCN(S(=O)(=O)c2ccc3c(c2)OCCCO3)CC1. The molecular weight excluding hydrogens is 340 g/mol. The van der Waals surface area contributed by atoms with Gasteiger partial charge in [-0.15, -0.1) is 0 Å². The Labute approximate surface area is 150 Å². The summed E-state index contributed by atoms with van der Waals surface area (Å²) in [4.78, 5) is 2.54. The maximum Gasteiger partial charge on any atom is 0.243 e. The molecule has 0 saturated carbocycles. The third kappa shape index (κ3) is 4.34. The van der Waals surface area contributed by atoms with Gasteiger partial charge in [-0.05, 0) is 26.0 Å². The van der Waals surface area contributed by atoms with Gasteiger partial charge >= 0.3 is 0 Å². The average Bonchev–Trinajstić information content (AvgIpc) is 2.85. The van der Waals surface area contributed by atoms with Crippen LogP contribution in [0.1, 0.15) is 20.3 Å². The van der Waals surface area contributed by atoms with Crippen LogP contribution in [0.15, 0.2) is 34.7 Å². The average molecular weight is 366 g/mol. The summed E-state index contributed by atoms with van der Waals surface area (Å²) in [5.74, 6) is 1.13. The standard InChI is InChI=1S/C18H26N2O4S/c1-15(2)6-7-19-8-10-20(11-9-19)25(21,22)16-4-5-17-18(14-16)24-13-3-12-23-17/h4-6,14H,3,7-13H2,1-2H3. The molecule has 2 heterocycles. The molecule has 0 spiro atoms. The lowest BCUT2D eigenvalue weighted by Crippen LogP contribution is -2.48. The maximum absolute atomic E-state index is 12.9. The fourth-order valence-electron chi connectivity index (χ4n) is 2.92. The third-order valence-corrected chi connectivity index (χ3v) is 6.34.